The van der Waals surface area contributed by atoms with E-state index in [1.807, 2.05) is 12.1 Å². The van der Waals surface area contributed by atoms with Crippen molar-refractivity contribution in [3.05, 3.63) is 84.1 Å². The Balaban J connectivity index is 1.46. The maximum absolute atomic E-state index is 11.8. The Morgan fingerprint density at radius 1 is 1.07 bits per heavy atom. The van der Waals surface area contributed by atoms with Gasteiger partial charge >= 0.3 is 0 Å². The van der Waals surface area contributed by atoms with Gasteiger partial charge in [-0.05, 0) is 67.4 Å². The summed E-state index contributed by atoms with van der Waals surface area (Å²) in [4.78, 5) is 11.8. The lowest BCUT2D eigenvalue weighted by Gasteiger charge is -2.17. The first kappa shape index (κ1) is 21.8. The lowest BCUT2D eigenvalue weighted by Crippen LogP contribution is -2.31. The first-order valence-electron chi connectivity index (χ1n) is 10.4. The average Bonchev–Trinajstić information content (AvgIpc) is 3.32. The number of ketones is 1. The van der Waals surface area contributed by atoms with Gasteiger partial charge in [0.25, 0.3) is 0 Å². The number of hydrogen-bond acceptors (Lipinski definition) is 5. The Morgan fingerprint density at radius 2 is 1.77 bits per heavy atom. The minimum absolute atomic E-state index is 0.0671. The van der Waals surface area contributed by atoms with Crippen molar-refractivity contribution < 1.29 is 9.53 Å². The molecule has 158 valence electrons. The Kier molecular flexibility index (Phi) is 7.82. The van der Waals surface area contributed by atoms with E-state index in [4.69, 9.17) is 4.74 Å². The average molecular weight is 406 g/mol. The van der Waals surface area contributed by atoms with Gasteiger partial charge in [0.2, 0.25) is 0 Å². The predicted octanol–water partition coefficient (Wildman–Crippen LogP) is 3.54. The fourth-order valence-electron chi connectivity index (χ4n) is 3.43. The third-order valence-corrected chi connectivity index (χ3v) is 5.29. The van der Waals surface area contributed by atoms with E-state index < -0.39 is 0 Å². The van der Waals surface area contributed by atoms with E-state index in [0.717, 1.165) is 41.1 Å². The summed E-state index contributed by atoms with van der Waals surface area (Å²) in [6.07, 6.45) is 2.34. The summed E-state index contributed by atoms with van der Waals surface area (Å²) in [7, 11) is 1.76. The first-order valence-corrected chi connectivity index (χ1v) is 10.4. The molecule has 2 aromatic carbocycles. The van der Waals surface area contributed by atoms with Gasteiger partial charge in [0.15, 0.2) is 5.78 Å². The van der Waals surface area contributed by atoms with Gasteiger partial charge in [-0.3, -0.25) is 4.79 Å². The van der Waals surface area contributed by atoms with Crippen molar-refractivity contribution >= 4 is 11.4 Å². The second kappa shape index (κ2) is 10.8. The largest absolute Gasteiger partial charge is 0.489 e. The van der Waals surface area contributed by atoms with Gasteiger partial charge in [0.1, 0.15) is 12.4 Å². The van der Waals surface area contributed by atoms with Crippen LogP contribution in [0.5, 0.6) is 5.75 Å². The van der Waals surface area contributed by atoms with Crippen molar-refractivity contribution in [3.8, 4) is 5.75 Å². The highest BCUT2D eigenvalue weighted by molar-refractivity contribution is 5.97. The molecule has 5 nitrogen and oxygen atoms in total. The number of likely N-dealkylation sites (N-methyl/N-ethyl adjacent to an activating group) is 1. The van der Waals surface area contributed by atoms with Crippen LogP contribution in [0.15, 0.2) is 67.4 Å². The fourth-order valence-corrected chi connectivity index (χ4v) is 3.43. The van der Waals surface area contributed by atoms with Crippen molar-refractivity contribution in [2.45, 2.75) is 25.5 Å². The summed E-state index contributed by atoms with van der Waals surface area (Å²) < 4.78 is 5.84. The highest BCUT2D eigenvalue weighted by Gasteiger charge is 2.16. The molecule has 1 saturated heterocycles. The summed E-state index contributed by atoms with van der Waals surface area (Å²) in [5.74, 6) is 0.810. The molecule has 0 aromatic heterocycles. The quantitative estimate of drug-likeness (QED) is 0.499. The van der Waals surface area contributed by atoms with E-state index in [2.05, 4.69) is 53.4 Å². The van der Waals surface area contributed by atoms with Crippen molar-refractivity contribution in [2.75, 3.05) is 26.7 Å². The van der Waals surface area contributed by atoms with E-state index in [0.29, 0.717) is 31.3 Å². The zero-order chi connectivity index (χ0) is 21.3. The molecular weight excluding hydrogens is 374 g/mol. The maximum Gasteiger partial charge on any atom is 0.176 e. The molecule has 3 rings (SSSR count). The van der Waals surface area contributed by atoms with Crippen LogP contribution in [-0.2, 0) is 6.61 Å². The van der Waals surface area contributed by atoms with Crippen LogP contribution in [0.4, 0.5) is 0 Å². The highest BCUT2D eigenvalue weighted by Crippen LogP contribution is 2.18. The van der Waals surface area contributed by atoms with Crippen molar-refractivity contribution in [1.29, 1.82) is 0 Å². The topological polar surface area (TPSA) is 62.4 Å². The van der Waals surface area contributed by atoms with Gasteiger partial charge in [0.05, 0.1) is 6.54 Å². The number of benzene rings is 2. The summed E-state index contributed by atoms with van der Waals surface area (Å²) >= 11 is 0. The number of hydrogen-bond donors (Lipinski definition) is 3. The Hall–Kier alpha value is -2.89. The first-order chi connectivity index (χ1) is 14.6. The maximum atomic E-state index is 11.8. The van der Waals surface area contributed by atoms with Gasteiger partial charge in [-0.2, -0.15) is 0 Å². The summed E-state index contributed by atoms with van der Waals surface area (Å²) in [5.41, 5.74) is 4.93. The van der Waals surface area contributed by atoms with Crippen LogP contribution in [0.25, 0.3) is 5.57 Å². The van der Waals surface area contributed by atoms with E-state index in [9.17, 15) is 4.79 Å². The molecule has 30 heavy (non-hydrogen) atoms. The second-order valence-corrected chi connectivity index (χ2v) is 7.59. The number of Topliss-reactive ketones (excluding diaryl/α,β-unsaturated/α-hetero) is 1. The van der Waals surface area contributed by atoms with Crippen LogP contribution in [0, 0.1) is 0 Å². The van der Waals surface area contributed by atoms with E-state index in [1.165, 1.54) is 6.42 Å². The Labute approximate surface area is 179 Å². The SMILES string of the molecule is C=C(CNC(=C)C1CCCN1)c1ccc(COc2ccc(C(=O)CNC)cc2)cc1. The second-order valence-electron chi connectivity index (χ2n) is 7.59. The van der Waals surface area contributed by atoms with Crippen LogP contribution in [-0.4, -0.2) is 38.5 Å². The highest BCUT2D eigenvalue weighted by atomic mass is 16.5. The molecule has 0 radical (unpaired) electrons. The Bertz CT molecular complexity index is 866. The number of ether oxygens (including phenoxy) is 1. The van der Waals surface area contributed by atoms with Crippen LogP contribution >= 0.6 is 0 Å². The number of carbonyl (C=O) groups excluding carboxylic acids is 1. The number of rotatable bonds is 11. The molecule has 1 heterocycles. The molecular formula is C25H31N3O2. The molecule has 0 saturated carbocycles. The predicted molar refractivity (Wildman–Crippen MR) is 123 cm³/mol. The minimum Gasteiger partial charge on any atom is -0.489 e. The van der Waals surface area contributed by atoms with Gasteiger partial charge < -0.3 is 20.7 Å². The van der Waals surface area contributed by atoms with Crippen LogP contribution in [0.2, 0.25) is 0 Å². The number of carbonyl (C=O) groups is 1. The molecule has 5 heteroatoms. The molecule has 0 bridgehead atoms. The molecule has 1 unspecified atom stereocenters. The summed E-state index contributed by atoms with van der Waals surface area (Å²) in [6, 6.07) is 15.9. The molecule has 3 N–H and O–H groups in total. The third-order valence-electron chi connectivity index (χ3n) is 5.29. The number of nitrogens with one attached hydrogen (secondary N) is 3. The standard InChI is InChI=1S/C25H31N3O2/c1-18(15-28-19(2)24-5-4-14-27-24)21-8-6-20(7-9-21)17-30-23-12-10-22(11-13-23)25(29)16-26-3/h6-13,24,26-28H,1-2,4-5,14-17H2,3H3. The minimum atomic E-state index is 0.0671. The van der Waals surface area contributed by atoms with Crippen molar-refractivity contribution in [3.63, 3.8) is 0 Å². The van der Waals surface area contributed by atoms with Crippen LogP contribution < -0.4 is 20.7 Å². The zero-order valence-electron chi connectivity index (χ0n) is 17.7. The van der Waals surface area contributed by atoms with Crippen LogP contribution in [0.3, 0.4) is 0 Å². The summed E-state index contributed by atoms with van der Waals surface area (Å²) in [5, 5.41) is 9.71. The Morgan fingerprint density at radius 3 is 2.40 bits per heavy atom. The van der Waals surface area contributed by atoms with E-state index >= 15 is 0 Å². The van der Waals surface area contributed by atoms with E-state index in [1.54, 1.807) is 19.2 Å². The normalized spacial score (nSPS) is 15.6. The van der Waals surface area contributed by atoms with E-state index in [-0.39, 0.29) is 5.78 Å². The molecule has 1 atom stereocenters. The molecule has 1 aliphatic heterocycles. The van der Waals surface area contributed by atoms with Gasteiger partial charge in [0, 0.05) is 23.8 Å². The lowest BCUT2D eigenvalue weighted by atomic mass is 10.1. The molecule has 2 aromatic rings. The smallest absolute Gasteiger partial charge is 0.176 e. The van der Waals surface area contributed by atoms with Crippen molar-refractivity contribution in [2.24, 2.45) is 0 Å². The monoisotopic (exact) mass is 405 g/mol. The lowest BCUT2D eigenvalue weighted by molar-refractivity contribution is 0.0993. The summed E-state index contributed by atoms with van der Waals surface area (Å²) in [6.45, 7) is 10.9. The van der Waals surface area contributed by atoms with Gasteiger partial charge in [-0.15, -0.1) is 0 Å². The molecule has 1 aliphatic rings. The van der Waals surface area contributed by atoms with Gasteiger partial charge in [-0.1, -0.05) is 37.4 Å². The van der Waals surface area contributed by atoms with Crippen molar-refractivity contribution in [1.82, 2.24) is 16.0 Å². The van der Waals surface area contributed by atoms with Gasteiger partial charge in [-0.25, -0.2) is 0 Å². The molecule has 0 spiro atoms. The zero-order valence-corrected chi connectivity index (χ0v) is 17.7. The third kappa shape index (κ3) is 6.05. The molecule has 0 amide bonds. The molecule has 1 fully saturated rings. The molecule has 0 aliphatic carbocycles. The fraction of sp³-hybridized carbons (Fsp3) is 0.320. The van der Waals surface area contributed by atoms with Crippen LogP contribution in [0.1, 0.15) is 34.3 Å².